The number of thioether (sulfide) groups is 1. The summed E-state index contributed by atoms with van der Waals surface area (Å²) in [5, 5.41) is 0. The molecule has 0 amide bonds. The lowest BCUT2D eigenvalue weighted by Crippen LogP contribution is -1.64. The highest BCUT2D eigenvalue weighted by atomic mass is 32.2. The molecule has 0 aromatic heterocycles. The van der Waals surface area contributed by atoms with Crippen molar-refractivity contribution in [3.63, 3.8) is 0 Å². The highest BCUT2D eigenvalue weighted by Crippen LogP contribution is 2.01. The third kappa shape index (κ3) is 4.88. The van der Waals surface area contributed by atoms with Crippen molar-refractivity contribution in [3.05, 3.63) is 0 Å². The Hall–Kier alpha value is 0.880. The van der Waals surface area contributed by atoms with Gasteiger partial charge >= 0.3 is 0 Å². The van der Waals surface area contributed by atoms with Crippen LogP contribution in [0.4, 0.5) is 0 Å². The number of rotatable bonds is 1. The topological polar surface area (TPSA) is 0 Å². The summed E-state index contributed by atoms with van der Waals surface area (Å²) >= 11 is 14.0. The zero-order chi connectivity index (χ0) is 4.99. The first-order valence-corrected chi connectivity index (χ1v) is 3.31. The zero-order valence-electron chi connectivity index (χ0n) is 2.75. The van der Waals surface area contributed by atoms with Gasteiger partial charge in [-0.3, -0.25) is 0 Å². The van der Waals surface area contributed by atoms with E-state index in [0.29, 0.717) is 3.53 Å². The van der Waals surface area contributed by atoms with Crippen molar-refractivity contribution in [2.75, 3.05) is 0 Å². The van der Waals surface area contributed by atoms with Gasteiger partial charge in [-0.1, -0.05) is 36.2 Å². The van der Waals surface area contributed by atoms with Crippen LogP contribution >= 0.6 is 48.8 Å². The summed E-state index contributed by atoms with van der Waals surface area (Å²) in [6.45, 7) is 0. The van der Waals surface area contributed by atoms with Crippen molar-refractivity contribution < 1.29 is 0 Å². The number of thiocarbonyl (C=S) groups is 2. The van der Waals surface area contributed by atoms with E-state index in [9.17, 15) is 0 Å². The highest BCUT2D eigenvalue weighted by molar-refractivity contribution is 8.49. The monoisotopic (exact) mass is 154 g/mol. The lowest BCUT2D eigenvalue weighted by molar-refractivity contribution is 4.11. The Morgan fingerprint density at radius 3 is 2.33 bits per heavy atom. The number of hydrogen-bond acceptors (Lipinski definition) is 3. The van der Waals surface area contributed by atoms with Gasteiger partial charge in [-0.25, -0.2) is 0 Å². The van der Waals surface area contributed by atoms with E-state index in [0.717, 1.165) is 0 Å². The van der Waals surface area contributed by atoms with Crippen molar-refractivity contribution in [1.82, 2.24) is 0 Å². The molecular weight excluding hydrogens is 152 g/mol. The first kappa shape index (κ1) is 6.88. The van der Waals surface area contributed by atoms with E-state index in [-0.39, 0.29) is 0 Å². The SMILES string of the molecule is S=CSC(=S)S. The van der Waals surface area contributed by atoms with Crippen molar-refractivity contribution in [2.45, 2.75) is 0 Å². The molecule has 0 saturated carbocycles. The summed E-state index contributed by atoms with van der Waals surface area (Å²) < 4.78 is 2.06. The largest absolute Gasteiger partial charge is 0.125 e. The molecule has 0 aromatic rings. The van der Waals surface area contributed by atoms with Gasteiger partial charge in [-0.15, -0.1) is 12.6 Å². The maximum Gasteiger partial charge on any atom is 0.106 e. The van der Waals surface area contributed by atoms with Crippen LogP contribution in [0.5, 0.6) is 0 Å². The molecule has 0 saturated heterocycles. The molecule has 0 heterocycles. The molecule has 0 rings (SSSR count). The Labute approximate surface area is 57.1 Å². The maximum absolute atomic E-state index is 4.52. The lowest BCUT2D eigenvalue weighted by Gasteiger charge is -1.76. The average molecular weight is 154 g/mol. The van der Waals surface area contributed by atoms with Gasteiger partial charge in [0.2, 0.25) is 0 Å². The van der Waals surface area contributed by atoms with Gasteiger partial charge in [0.1, 0.15) is 3.53 Å². The van der Waals surface area contributed by atoms with Gasteiger partial charge in [0.15, 0.2) is 0 Å². The van der Waals surface area contributed by atoms with Crippen molar-refractivity contribution in [2.24, 2.45) is 0 Å². The minimum Gasteiger partial charge on any atom is -0.125 e. The molecule has 4 heteroatoms. The molecule has 0 spiro atoms. The average Bonchev–Trinajstić information content (AvgIpc) is 1.35. The Morgan fingerprint density at radius 2 is 2.33 bits per heavy atom. The van der Waals surface area contributed by atoms with E-state index in [1.54, 1.807) is 0 Å². The van der Waals surface area contributed by atoms with Crippen LogP contribution in [0, 0.1) is 0 Å². The third-order valence-corrected chi connectivity index (χ3v) is 1.34. The van der Waals surface area contributed by atoms with Gasteiger partial charge in [0.05, 0.1) is 0 Å². The summed E-state index contributed by atoms with van der Waals surface area (Å²) in [4.78, 5) is 0. The van der Waals surface area contributed by atoms with Gasteiger partial charge in [-0.2, -0.15) is 0 Å². The molecule has 6 heavy (non-hydrogen) atoms. The number of hydrogen-bond donors (Lipinski definition) is 1. The van der Waals surface area contributed by atoms with Crippen LogP contribution < -0.4 is 0 Å². The van der Waals surface area contributed by atoms with E-state index in [2.05, 4.69) is 37.1 Å². The predicted molar refractivity (Wildman–Crippen MR) is 42.8 cm³/mol. The third-order valence-electron chi connectivity index (χ3n) is 0.149. The first-order chi connectivity index (χ1) is 2.77. The van der Waals surface area contributed by atoms with E-state index in [1.807, 2.05) is 0 Å². The fourth-order valence-electron chi connectivity index (χ4n) is 0.0412. The van der Waals surface area contributed by atoms with Crippen LogP contribution in [0.3, 0.4) is 0 Å². The molecule has 0 aliphatic heterocycles. The quantitative estimate of drug-likeness (QED) is 0.453. The van der Waals surface area contributed by atoms with Crippen LogP contribution in [0.15, 0.2) is 0 Å². The zero-order valence-corrected chi connectivity index (χ0v) is 6.09. The molecule has 34 valence electrons. The minimum absolute atomic E-state index is 0.574. The Morgan fingerprint density at radius 1 is 1.83 bits per heavy atom. The summed E-state index contributed by atoms with van der Waals surface area (Å²) in [5.74, 6) is 0. The normalized spacial score (nSPS) is 7.50. The second-order valence-corrected chi connectivity index (χ2v) is 3.61. The molecule has 0 aliphatic carbocycles. The lowest BCUT2D eigenvalue weighted by atomic mass is 11.9. The molecule has 0 nitrogen and oxygen atoms in total. The highest BCUT2D eigenvalue weighted by Gasteiger charge is 1.77. The van der Waals surface area contributed by atoms with E-state index in [4.69, 9.17) is 0 Å². The Balaban J connectivity index is 3.05. The second-order valence-electron chi connectivity index (χ2n) is 0.480. The summed E-state index contributed by atoms with van der Waals surface area (Å²) in [7, 11) is 0. The predicted octanol–water partition coefficient (Wildman–Crippen LogP) is 1.89. The molecule has 0 aromatic carbocycles. The van der Waals surface area contributed by atoms with Crippen LogP contribution in [0.2, 0.25) is 0 Å². The fourth-order valence-corrected chi connectivity index (χ4v) is 1.11. The van der Waals surface area contributed by atoms with Crippen LogP contribution in [-0.2, 0) is 0 Å². The van der Waals surface area contributed by atoms with Gasteiger partial charge in [0.25, 0.3) is 0 Å². The van der Waals surface area contributed by atoms with Crippen molar-refractivity contribution in [3.8, 4) is 0 Å². The van der Waals surface area contributed by atoms with E-state index < -0.39 is 0 Å². The first-order valence-electron chi connectivity index (χ1n) is 1.10. The fraction of sp³-hybridized carbons (Fsp3) is 0. The molecule has 0 N–H and O–H groups in total. The van der Waals surface area contributed by atoms with Crippen LogP contribution in [-0.4, -0.2) is 8.23 Å². The van der Waals surface area contributed by atoms with Crippen LogP contribution in [0.1, 0.15) is 0 Å². The molecule has 0 fully saturated rings. The van der Waals surface area contributed by atoms with Gasteiger partial charge < -0.3 is 0 Å². The minimum atomic E-state index is 0.574. The molecular formula is C2H2S4. The number of thiol groups is 1. The smallest absolute Gasteiger partial charge is 0.106 e. The van der Waals surface area contributed by atoms with E-state index in [1.165, 1.54) is 16.5 Å². The molecule has 0 aliphatic rings. The Bertz CT molecular complexity index is 65.9. The molecule has 0 radical (unpaired) electrons. The molecule has 0 atom stereocenters. The molecule has 0 bridgehead atoms. The maximum atomic E-state index is 4.52. The van der Waals surface area contributed by atoms with Crippen molar-refractivity contribution >= 4 is 57.1 Å². The van der Waals surface area contributed by atoms with Crippen LogP contribution in [0.25, 0.3) is 0 Å². The van der Waals surface area contributed by atoms with E-state index >= 15 is 0 Å². The van der Waals surface area contributed by atoms with Gasteiger partial charge in [0, 0.05) is 4.70 Å². The van der Waals surface area contributed by atoms with Crippen molar-refractivity contribution in [1.29, 1.82) is 0 Å². The standard InChI is InChI=1S/C2H2S4/c3-1-6-2(4)5/h1H,(H,4,5). The second kappa shape index (κ2) is 4.05. The summed E-state index contributed by atoms with van der Waals surface area (Å²) in [5.41, 5.74) is 0. The summed E-state index contributed by atoms with van der Waals surface area (Å²) in [6.07, 6.45) is 0. The van der Waals surface area contributed by atoms with Gasteiger partial charge in [-0.05, 0) is 0 Å². The molecule has 0 unspecified atom stereocenters. The summed E-state index contributed by atoms with van der Waals surface area (Å²) in [6, 6.07) is 0. The Kier molecular flexibility index (Phi) is 4.64.